The van der Waals surface area contributed by atoms with Gasteiger partial charge in [-0.15, -0.1) is 0 Å². The molecule has 1 heterocycles. The second-order valence-electron chi connectivity index (χ2n) is 5.25. The van der Waals surface area contributed by atoms with Gasteiger partial charge in [0.2, 0.25) is 5.91 Å². The van der Waals surface area contributed by atoms with Crippen LogP contribution in [0.2, 0.25) is 0 Å². The Morgan fingerprint density at radius 2 is 2.06 bits per heavy atom. The van der Waals surface area contributed by atoms with Gasteiger partial charge >= 0.3 is 0 Å². The van der Waals surface area contributed by atoms with Gasteiger partial charge in [-0.25, -0.2) is 0 Å². The number of nitrogens with zero attached hydrogens (tertiary/aromatic N) is 1. The minimum Gasteiger partial charge on any atom is -0.394 e. The van der Waals surface area contributed by atoms with Gasteiger partial charge in [0.05, 0.1) is 12.6 Å². The molecule has 1 unspecified atom stereocenters. The van der Waals surface area contributed by atoms with E-state index in [9.17, 15) is 9.90 Å². The van der Waals surface area contributed by atoms with Gasteiger partial charge in [-0.05, 0) is 25.7 Å². The van der Waals surface area contributed by atoms with Crippen molar-refractivity contribution in [2.45, 2.75) is 57.0 Å². The molecule has 0 aromatic rings. The van der Waals surface area contributed by atoms with E-state index in [1.54, 1.807) is 0 Å². The van der Waals surface area contributed by atoms with Crippen LogP contribution in [0.15, 0.2) is 0 Å². The van der Waals surface area contributed by atoms with Crippen LogP contribution in [0.1, 0.15) is 44.9 Å². The standard InChI is InChI=1S/C13H24N2O2/c16-10-12-4-2-1-3-9-15(12)13(17)7-8-14-11-5-6-11/h11-12,14,16H,1-10H2. The van der Waals surface area contributed by atoms with Crippen LogP contribution in [-0.2, 0) is 4.79 Å². The number of aliphatic hydroxyl groups is 1. The van der Waals surface area contributed by atoms with Crippen molar-refractivity contribution in [1.82, 2.24) is 10.2 Å². The van der Waals surface area contributed by atoms with E-state index in [0.29, 0.717) is 12.5 Å². The Kier molecular flexibility index (Phi) is 4.80. The lowest BCUT2D eigenvalue weighted by Gasteiger charge is -2.28. The highest BCUT2D eigenvalue weighted by Gasteiger charge is 2.25. The molecule has 17 heavy (non-hydrogen) atoms. The minimum absolute atomic E-state index is 0.0610. The topological polar surface area (TPSA) is 52.6 Å². The summed E-state index contributed by atoms with van der Waals surface area (Å²) in [6, 6.07) is 0.728. The first kappa shape index (κ1) is 12.8. The number of nitrogens with one attached hydrogen (secondary N) is 1. The molecule has 0 aromatic heterocycles. The van der Waals surface area contributed by atoms with Crippen LogP contribution in [0.4, 0.5) is 0 Å². The van der Waals surface area contributed by atoms with Gasteiger partial charge in [0.25, 0.3) is 0 Å². The van der Waals surface area contributed by atoms with E-state index in [1.807, 2.05) is 4.90 Å². The van der Waals surface area contributed by atoms with Crippen molar-refractivity contribution in [1.29, 1.82) is 0 Å². The number of carbonyl (C=O) groups excluding carboxylic acids is 1. The molecule has 2 N–H and O–H groups in total. The summed E-state index contributed by atoms with van der Waals surface area (Å²) in [4.78, 5) is 14.0. The third-order valence-corrected chi connectivity index (χ3v) is 3.76. The Morgan fingerprint density at radius 1 is 1.24 bits per heavy atom. The summed E-state index contributed by atoms with van der Waals surface area (Å²) in [6.07, 6.45) is 7.45. The molecule has 0 radical (unpaired) electrons. The first-order chi connectivity index (χ1) is 8.31. The molecule has 4 nitrogen and oxygen atoms in total. The maximum Gasteiger partial charge on any atom is 0.224 e. The van der Waals surface area contributed by atoms with E-state index in [0.717, 1.165) is 32.4 Å². The molecule has 1 aliphatic heterocycles. The number of rotatable bonds is 5. The monoisotopic (exact) mass is 240 g/mol. The van der Waals surface area contributed by atoms with E-state index in [-0.39, 0.29) is 18.6 Å². The average Bonchev–Trinajstić information content (AvgIpc) is 3.14. The number of hydrogen-bond acceptors (Lipinski definition) is 3. The third kappa shape index (κ3) is 3.96. The zero-order valence-electron chi connectivity index (χ0n) is 10.5. The molecule has 2 fully saturated rings. The summed E-state index contributed by atoms with van der Waals surface area (Å²) in [7, 11) is 0. The maximum atomic E-state index is 12.1. The number of hydrogen-bond donors (Lipinski definition) is 2. The predicted octanol–water partition coefficient (Wildman–Crippen LogP) is 0.892. The second kappa shape index (κ2) is 6.36. The van der Waals surface area contributed by atoms with Crippen molar-refractivity contribution in [2.75, 3.05) is 19.7 Å². The van der Waals surface area contributed by atoms with Crippen LogP contribution in [0.25, 0.3) is 0 Å². The highest BCUT2D eigenvalue weighted by Crippen LogP contribution is 2.19. The average molecular weight is 240 g/mol. The molecule has 0 spiro atoms. The molecule has 2 rings (SSSR count). The highest BCUT2D eigenvalue weighted by atomic mass is 16.3. The van der Waals surface area contributed by atoms with Crippen molar-refractivity contribution >= 4 is 5.91 Å². The summed E-state index contributed by atoms with van der Waals surface area (Å²) < 4.78 is 0. The lowest BCUT2D eigenvalue weighted by molar-refractivity contribution is -0.134. The van der Waals surface area contributed by atoms with E-state index in [2.05, 4.69) is 5.32 Å². The second-order valence-corrected chi connectivity index (χ2v) is 5.25. The van der Waals surface area contributed by atoms with Crippen LogP contribution in [0.3, 0.4) is 0 Å². The summed E-state index contributed by atoms with van der Waals surface area (Å²) in [5.74, 6) is 0.208. The fraction of sp³-hybridized carbons (Fsp3) is 0.923. The fourth-order valence-electron chi connectivity index (χ4n) is 2.51. The molecule has 0 aromatic carbocycles. The maximum absolute atomic E-state index is 12.1. The smallest absolute Gasteiger partial charge is 0.224 e. The zero-order chi connectivity index (χ0) is 12.1. The summed E-state index contributed by atoms with van der Waals surface area (Å²) >= 11 is 0. The highest BCUT2D eigenvalue weighted by molar-refractivity contribution is 5.76. The van der Waals surface area contributed by atoms with Gasteiger partial charge in [0, 0.05) is 25.6 Å². The SMILES string of the molecule is O=C(CCNC1CC1)N1CCCCCC1CO. The van der Waals surface area contributed by atoms with Crippen molar-refractivity contribution in [2.24, 2.45) is 0 Å². The first-order valence-corrected chi connectivity index (χ1v) is 6.95. The molecule has 0 bridgehead atoms. The molecule has 1 amide bonds. The number of amides is 1. The molecular formula is C13H24N2O2. The molecule has 98 valence electrons. The predicted molar refractivity (Wildman–Crippen MR) is 66.7 cm³/mol. The van der Waals surface area contributed by atoms with E-state index < -0.39 is 0 Å². The van der Waals surface area contributed by atoms with E-state index >= 15 is 0 Å². The number of likely N-dealkylation sites (tertiary alicyclic amines) is 1. The Morgan fingerprint density at radius 3 is 2.76 bits per heavy atom. The quantitative estimate of drug-likeness (QED) is 0.750. The van der Waals surface area contributed by atoms with Gasteiger partial charge in [-0.3, -0.25) is 4.79 Å². The minimum atomic E-state index is 0.0610. The van der Waals surface area contributed by atoms with Crippen molar-refractivity contribution in [3.05, 3.63) is 0 Å². The van der Waals surface area contributed by atoms with Crippen LogP contribution >= 0.6 is 0 Å². The molecule has 1 saturated heterocycles. The van der Waals surface area contributed by atoms with E-state index in [1.165, 1.54) is 19.3 Å². The van der Waals surface area contributed by atoms with Gasteiger partial charge in [-0.1, -0.05) is 12.8 Å². The van der Waals surface area contributed by atoms with Gasteiger partial charge in [0.15, 0.2) is 0 Å². The number of aliphatic hydroxyl groups excluding tert-OH is 1. The Balaban J connectivity index is 1.76. The normalized spacial score (nSPS) is 25.7. The van der Waals surface area contributed by atoms with Crippen molar-refractivity contribution in [3.8, 4) is 0 Å². The lowest BCUT2D eigenvalue weighted by atomic mass is 10.1. The van der Waals surface area contributed by atoms with Crippen LogP contribution in [-0.4, -0.2) is 47.7 Å². The van der Waals surface area contributed by atoms with Crippen molar-refractivity contribution < 1.29 is 9.90 Å². The van der Waals surface area contributed by atoms with Crippen LogP contribution < -0.4 is 5.32 Å². The van der Waals surface area contributed by atoms with Gasteiger partial charge in [-0.2, -0.15) is 0 Å². The Hall–Kier alpha value is -0.610. The fourth-order valence-corrected chi connectivity index (χ4v) is 2.51. The Bertz CT molecular complexity index is 254. The summed E-state index contributed by atoms with van der Waals surface area (Å²) in [5.41, 5.74) is 0. The largest absolute Gasteiger partial charge is 0.394 e. The van der Waals surface area contributed by atoms with Gasteiger partial charge < -0.3 is 15.3 Å². The summed E-state index contributed by atoms with van der Waals surface area (Å²) in [6.45, 7) is 1.73. The summed E-state index contributed by atoms with van der Waals surface area (Å²) in [5, 5.41) is 12.7. The van der Waals surface area contributed by atoms with Crippen LogP contribution in [0.5, 0.6) is 0 Å². The molecule has 1 aliphatic carbocycles. The lowest BCUT2D eigenvalue weighted by Crippen LogP contribution is -2.43. The van der Waals surface area contributed by atoms with Crippen LogP contribution in [0, 0.1) is 0 Å². The molecular weight excluding hydrogens is 216 g/mol. The van der Waals surface area contributed by atoms with Crippen molar-refractivity contribution in [3.63, 3.8) is 0 Å². The Labute approximate surface area is 103 Å². The first-order valence-electron chi connectivity index (χ1n) is 6.95. The molecule has 2 aliphatic rings. The molecule has 1 atom stereocenters. The number of carbonyl (C=O) groups is 1. The van der Waals surface area contributed by atoms with E-state index in [4.69, 9.17) is 0 Å². The molecule has 4 heteroatoms. The zero-order valence-corrected chi connectivity index (χ0v) is 10.5. The third-order valence-electron chi connectivity index (χ3n) is 3.76. The van der Waals surface area contributed by atoms with Gasteiger partial charge in [0.1, 0.15) is 0 Å². The molecule has 1 saturated carbocycles.